The van der Waals surface area contributed by atoms with E-state index in [2.05, 4.69) is 5.18 Å². The van der Waals surface area contributed by atoms with E-state index >= 15 is 0 Å². The van der Waals surface area contributed by atoms with E-state index in [0.717, 1.165) is 4.90 Å². The fraction of sp³-hybridized carbons (Fsp3) is 0.111. The molecule has 0 aliphatic carbocycles. The molecule has 0 saturated heterocycles. The lowest BCUT2D eigenvalue weighted by atomic mass is 10.1. The molecule has 1 heterocycles. The van der Waals surface area contributed by atoms with E-state index in [-0.39, 0.29) is 17.2 Å². The molecule has 0 aromatic heterocycles. The van der Waals surface area contributed by atoms with Gasteiger partial charge in [-0.25, -0.2) is 0 Å². The summed E-state index contributed by atoms with van der Waals surface area (Å²) >= 11 is 0. The molecule has 5 nitrogen and oxygen atoms in total. The third-order valence-corrected chi connectivity index (χ3v) is 2.18. The van der Waals surface area contributed by atoms with Crippen LogP contribution >= 0.6 is 0 Å². The van der Waals surface area contributed by atoms with Gasteiger partial charge in [0.05, 0.1) is 11.1 Å². The van der Waals surface area contributed by atoms with Gasteiger partial charge in [-0.05, 0) is 23.4 Å². The lowest BCUT2D eigenvalue weighted by Gasteiger charge is -2.02. The molecule has 5 heteroatoms. The number of amides is 2. The molecule has 1 aromatic rings. The molecule has 0 saturated carbocycles. The highest BCUT2D eigenvalue weighted by molar-refractivity contribution is 6.21. The third kappa shape index (κ3) is 0.953. The molecule has 0 fully saturated rings. The Morgan fingerprint density at radius 3 is 2.43 bits per heavy atom. The Hall–Kier alpha value is -2.04. The maximum atomic E-state index is 11.4. The number of fused-ring (bicyclic) bond motifs is 1. The highest BCUT2D eigenvalue weighted by atomic mass is 16.3. The molecule has 1 aromatic carbocycles. The minimum Gasteiger partial charge on any atom is -0.277 e. The molecule has 1 aliphatic heterocycles. The summed E-state index contributed by atoms with van der Waals surface area (Å²) in [6.07, 6.45) is 0. The molecule has 0 atom stereocenters. The molecular weight excluding hydrogens is 184 g/mol. The van der Waals surface area contributed by atoms with Crippen molar-refractivity contribution in [1.82, 2.24) is 4.90 Å². The smallest absolute Gasteiger partial charge is 0.261 e. The number of nitroso groups, excluding NO2 is 1. The molecular formula is C9H6N2O3. The Balaban J connectivity index is 2.64. The summed E-state index contributed by atoms with van der Waals surface area (Å²) in [6.45, 7) is 0. The van der Waals surface area contributed by atoms with Crippen molar-refractivity contribution in [1.29, 1.82) is 0 Å². The molecule has 0 N–H and O–H groups in total. The van der Waals surface area contributed by atoms with E-state index in [1.54, 1.807) is 0 Å². The summed E-state index contributed by atoms with van der Waals surface area (Å²) in [5, 5.41) is 2.70. The second kappa shape index (κ2) is 2.73. The number of carbonyl (C=O) groups is 2. The number of hydrogen-bond acceptors (Lipinski definition) is 4. The van der Waals surface area contributed by atoms with Crippen molar-refractivity contribution in [2.75, 3.05) is 7.05 Å². The van der Waals surface area contributed by atoms with Crippen LogP contribution in [0.25, 0.3) is 0 Å². The molecule has 2 rings (SSSR count). The Labute approximate surface area is 79.3 Å². The predicted molar refractivity (Wildman–Crippen MR) is 48.3 cm³/mol. The van der Waals surface area contributed by atoms with Crippen LogP contribution in [0.15, 0.2) is 23.4 Å². The largest absolute Gasteiger partial charge is 0.277 e. The van der Waals surface area contributed by atoms with Crippen LogP contribution in [-0.2, 0) is 0 Å². The SMILES string of the molecule is CN1C(=O)c2ccc(N=O)cc2C1=O. The molecule has 0 unspecified atom stereocenters. The number of benzene rings is 1. The minimum absolute atomic E-state index is 0.153. The first-order valence-corrected chi connectivity index (χ1v) is 3.95. The second-order valence-corrected chi connectivity index (χ2v) is 2.99. The van der Waals surface area contributed by atoms with E-state index in [9.17, 15) is 14.5 Å². The molecule has 14 heavy (non-hydrogen) atoms. The molecule has 70 valence electrons. The van der Waals surface area contributed by atoms with Crippen LogP contribution in [0.5, 0.6) is 0 Å². The van der Waals surface area contributed by atoms with Gasteiger partial charge in [0, 0.05) is 7.05 Å². The number of nitrogens with zero attached hydrogens (tertiary/aromatic N) is 2. The highest BCUT2D eigenvalue weighted by Crippen LogP contribution is 2.25. The number of imide groups is 1. The Morgan fingerprint density at radius 2 is 1.79 bits per heavy atom. The molecule has 0 spiro atoms. The average molecular weight is 190 g/mol. The quantitative estimate of drug-likeness (QED) is 0.495. The summed E-state index contributed by atoms with van der Waals surface area (Å²) < 4.78 is 0. The van der Waals surface area contributed by atoms with Gasteiger partial charge < -0.3 is 0 Å². The normalized spacial score (nSPS) is 14.5. The van der Waals surface area contributed by atoms with E-state index in [1.807, 2.05) is 0 Å². The van der Waals surface area contributed by atoms with Gasteiger partial charge in [0.1, 0.15) is 5.69 Å². The number of carbonyl (C=O) groups excluding carboxylic acids is 2. The summed E-state index contributed by atoms with van der Waals surface area (Å²) in [5.41, 5.74) is 0.722. The Morgan fingerprint density at radius 1 is 1.14 bits per heavy atom. The van der Waals surface area contributed by atoms with Crippen molar-refractivity contribution in [2.45, 2.75) is 0 Å². The first kappa shape index (κ1) is 8.55. The van der Waals surface area contributed by atoms with Crippen molar-refractivity contribution < 1.29 is 9.59 Å². The van der Waals surface area contributed by atoms with Crippen LogP contribution in [0.1, 0.15) is 20.7 Å². The van der Waals surface area contributed by atoms with Crippen molar-refractivity contribution in [2.24, 2.45) is 5.18 Å². The zero-order chi connectivity index (χ0) is 10.3. The zero-order valence-electron chi connectivity index (χ0n) is 7.35. The Kier molecular flexibility index (Phi) is 1.67. The van der Waals surface area contributed by atoms with E-state index in [4.69, 9.17) is 0 Å². The van der Waals surface area contributed by atoms with Crippen LogP contribution < -0.4 is 0 Å². The first-order valence-electron chi connectivity index (χ1n) is 3.95. The van der Waals surface area contributed by atoms with Crippen molar-refractivity contribution >= 4 is 17.5 Å². The summed E-state index contributed by atoms with van der Waals surface area (Å²) in [5.74, 6) is -0.738. The maximum Gasteiger partial charge on any atom is 0.261 e. The molecule has 0 bridgehead atoms. The topological polar surface area (TPSA) is 66.8 Å². The second-order valence-electron chi connectivity index (χ2n) is 2.99. The van der Waals surface area contributed by atoms with Gasteiger partial charge in [-0.2, -0.15) is 0 Å². The lowest BCUT2D eigenvalue weighted by Crippen LogP contribution is -2.24. The van der Waals surface area contributed by atoms with Crippen LogP contribution in [0.2, 0.25) is 0 Å². The van der Waals surface area contributed by atoms with E-state index < -0.39 is 5.91 Å². The van der Waals surface area contributed by atoms with Gasteiger partial charge in [0.25, 0.3) is 11.8 Å². The van der Waals surface area contributed by atoms with Gasteiger partial charge in [0.15, 0.2) is 0 Å². The number of hydrogen-bond donors (Lipinski definition) is 0. The fourth-order valence-corrected chi connectivity index (χ4v) is 1.41. The van der Waals surface area contributed by atoms with Crippen LogP contribution in [0.3, 0.4) is 0 Å². The van der Waals surface area contributed by atoms with Crippen molar-refractivity contribution in [3.05, 3.63) is 34.2 Å². The fourth-order valence-electron chi connectivity index (χ4n) is 1.41. The van der Waals surface area contributed by atoms with Gasteiger partial charge in [0.2, 0.25) is 0 Å². The summed E-state index contributed by atoms with van der Waals surface area (Å²) in [6, 6.07) is 4.18. The van der Waals surface area contributed by atoms with Crippen LogP contribution in [-0.4, -0.2) is 23.8 Å². The minimum atomic E-state index is -0.393. The number of rotatable bonds is 1. The molecule has 2 amide bonds. The monoisotopic (exact) mass is 190 g/mol. The van der Waals surface area contributed by atoms with Crippen LogP contribution in [0.4, 0.5) is 5.69 Å². The van der Waals surface area contributed by atoms with E-state index in [0.29, 0.717) is 5.56 Å². The van der Waals surface area contributed by atoms with Gasteiger partial charge in [-0.1, -0.05) is 0 Å². The van der Waals surface area contributed by atoms with E-state index in [1.165, 1.54) is 25.2 Å². The summed E-state index contributed by atoms with van der Waals surface area (Å²) in [7, 11) is 1.40. The van der Waals surface area contributed by atoms with Crippen LogP contribution in [0, 0.1) is 4.91 Å². The Bertz CT molecular complexity index is 453. The molecule has 1 aliphatic rings. The maximum absolute atomic E-state index is 11.4. The zero-order valence-corrected chi connectivity index (χ0v) is 7.35. The first-order chi connectivity index (χ1) is 6.65. The average Bonchev–Trinajstić information content (AvgIpc) is 2.44. The van der Waals surface area contributed by atoms with Gasteiger partial charge >= 0.3 is 0 Å². The summed E-state index contributed by atoms with van der Waals surface area (Å²) in [4.78, 5) is 34.1. The predicted octanol–water partition coefficient (Wildman–Crippen LogP) is 1.31. The third-order valence-electron chi connectivity index (χ3n) is 2.18. The lowest BCUT2D eigenvalue weighted by molar-refractivity contribution is 0.0693. The highest BCUT2D eigenvalue weighted by Gasteiger charge is 2.32. The van der Waals surface area contributed by atoms with Gasteiger partial charge in [-0.15, -0.1) is 4.91 Å². The standard InChI is InChI=1S/C9H6N2O3/c1-11-8(12)6-3-2-5(10-14)4-7(6)9(11)13/h2-4H,1H3. The van der Waals surface area contributed by atoms with Crippen molar-refractivity contribution in [3.8, 4) is 0 Å². The molecule has 0 radical (unpaired) electrons. The van der Waals surface area contributed by atoms with Gasteiger partial charge in [-0.3, -0.25) is 14.5 Å². The van der Waals surface area contributed by atoms with Crippen molar-refractivity contribution in [3.63, 3.8) is 0 Å².